The summed E-state index contributed by atoms with van der Waals surface area (Å²) in [5, 5.41) is 3.27. The molecule has 1 fully saturated rings. The number of rotatable bonds is 11. The highest BCUT2D eigenvalue weighted by atomic mass is 127. The Bertz CT molecular complexity index is 585. The molecule has 1 heterocycles. The van der Waals surface area contributed by atoms with E-state index >= 15 is 0 Å². The molecule has 0 radical (unpaired) electrons. The molecule has 1 aromatic rings. The lowest BCUT2D eigenvalue weighted by Gasteiger charge is -2.22. The Hall–Kier alpha value is -1.20. The van der Waals surface area contributed by atoms with Crippen LogP contribution in [0.2, 0.25) is 0 Å². The monoisotopic (exact) mass is 527 g/mol. The van der Waals surface area contributed by atoms with Gasteiger partial charge in [-0.2, -0.15) is 8.78 Å². The van der Waals surface area contributed by atoms with Crippen molar-refractivity contribution in [3.05, 3.63) is 29.8 Å². The van der Waals surface area contributed by atoms with Crippen LogP contribution in [0.15, 0.2) is 29.3 Å². The standard InChI is InChI=1S/C20H31F2N3O3.HI/c1-3-23-20(24-11-5-12-26-15-18-6-4-13-27-18)25(2)14-16-7-9-17(10-8-16)28-19(21)22;/h7-10,18-19H,3-6,11-15H2,1-2H3,(H,23,24);1H. The van der Waals surface area contributed by atoms with Crippen LogP contribution >= 0.6 is 24.0 Å². The van der Waals surface area contributed by atoms with E-state index in [2.05, 4.69) is 15.0 Å². The molecule has 0 bridgehead atoms. The second-order valence-corrected chi connectivity index (χ2v) is 6.68. The molecule has 0 amide bonds. The van der Waals surface area contributed by atoms with Gasteiger partial charge in [0.2, 0.25) is 0 Å². The van der Waals surface area contributed by atoms with Crippen molar-refractivity contribution in [2.24, 2.45) is 4.99 Å². The van der Waals surface area contributed by atoms with Gasteiger partial charge in [-0.05, 0) is 43.9 Å². The lowest BCUT2D eigenvalue weighted by Crippen LogP contribution is -2.38. The maximum Gasteiger partial charge on any atom is 0.387 e. The van der Waals surface area contributed by atoms with Crippen LogP contribution in [0.25, 0.3) is 0 Å². The predicted octanol–water partition coefficient (Wildman–Crippen LogP) is 3.89. The van der Waals surface area contributed by atoms with Crippen molar-refractivity contribution in [3.63, 3.8) is 0 Å². The van der Waals surface area contributed by atoms with Crippen LogP contribution in [0.1, 0.15) is 31.7 Å². The molecule has 1 saturated heterocycles. The Labute approximate surface area is 189 Å². The molecule has 6 nitrogen and oxygen atoms in total. The van der Waals surface area contributed by atoms with Gasteiger partial charge in [-0.3, -0.25) is 4.99 Å². The number of alkyl halides is 2. The molecule has 0 aliphatic carbocycles. The summed E-state index contributed by atoms with van der Waals surface area (Å²) >= 11 is 0. The van der Waals surface area contributed by atoms with Gasteiger partial charge in [-0.15, -0.1) is 24.0 Å². The highest BCUT2D eigenvalue weighted by molar-refractivity contribution is 14.0. The minimum atomic E-state index is -2.81. The maximum absolute atomic E-state index is 12.2. The van der Waals surface area contributed by atoms with Gasteiger partial charge in [0.1, 0.15) is 5.75 Å². The van der Waals surface area contributed by atoms with Crippen molar-refractivity contribution >= 4 is 29.9 Å². The first-order chi connectivity index (χ1) is 13.6. The maximum atomic E-state index is 12.2. The number of nitrogens with one attached hydrogen (secondary N) is 1. The fourth-order valence-electron chi connectivity index (χ4n) is 2.94. The van der Waals surface area contributed by atoms with E-state index in [1.54, 1.807) is 24.3 Å². The predicted molar refractivity (Wildman–Crippen MR) is 120 cm³/mol. The number of halogens is 3. The Morgan fingerprint density at radius 2 is 2.10 bits per heavy atom. The third-order valence-corrected chi connectivity index (χ3v) is 4.30. The Morgan fingerprint density at radius 1 is 1.34 bits per heavy atom. The van der Waals surface area contributed by atoms with E-state index in [4.69, 9.17) is 9.47 Å². The van der Waals surface area contributed by atoms with Crippen molar-refractivity contribution in [1.82, 2.24) is 10.2 Å². The summed E-state index contributed by atoms with van der Waals surface area (Å²) in [5.74, 6) is 0.958. The van der Waals surface area contributed by atoms with E-state index in [-0.39, 0.29) is 35.8 Å². The molecular weight excluding hydrogens is 495 g/mol. The average molecular weight is 527 g/mol. The van der Waals surface area contributed by atoms with Crippen molar-refractivity contribution in [1.29, 1.82) is 0 Å². The van der Waals surface area contributed by atoms with Crippen LogP contribution in [0.4, 0.5) is 8.78 Å². The fourth-order valence-corrected chi connectivity index (χ4v) is 2.94. The van der Waals surface area contributed by atoms with Crippen LogP contribution in [0, 0.1) is 0 Å². The second kappa shape index (κ2) is 14.7. The summed E-state index contributed by atoms with van der Waals surface area (Å²) in [6.45, 7) is 3.42. The molecule has 0 spiro atoms. The zero-order chi connectivity index (χ0) is 20.2. The molecule has 0 saturated carbocycles. The van der Waals surface area contributed by atoms with E-state index < -0.39 is 6.61 Å². The van der Waals surface area contributed by atoms with Gasteiger partial charge in [0, 0.05) is 39.9 Å². The summed E-state index contributed by atoms with van der Waals surface area (Å²) in [4.78, 5) is 6.63. The average Bonchev–Trinajstić information content (AvgIpc) is 3.18. The molecular formula is C20H32F2IN3O3. The van der Waals surface area contributed by atoms with Crippen LogP contribution in [0.3, 0.4) is 0 Å². The molecule has 166 valence electrons. The number of ether oxygens (including phenoxy) is 3. The number of hydrogen-bond donors (Lipinski definition) is 1. The van der Waals surface area contributed by atoms with Crippen molar-refractivity contribution in [2.75, 3.05) is 40.0 Å². The Kier molecular flexibility index (Phi) is 13.1. The first-order valence-electron chi connectivity index (χ1n) is 9.81. The Morgan fingerprint density at radius 3 is 2.72 bits per heavy atom. The quantitative estimate of drug-likeness (QED) is 0.205. The summed E-state index contributed by atoms with van der Waals surface area (Å²) in [7, 11) is 1.94. The highest BCUT2D eigenvalue weighted by Gasteiger charge is 2.15. The van der Waals surface area contributed by atoms with Crippen LogP contribution < -0.4 is 10.1 Å². The van der Waals surface area contributed by atoms with Gasteiger partial charge < -0.3 is 24.4 Å². The molecule has 2 rings (SSSR count). The zero-order valence-corrected chi connectivity index (χ0v) is 19.4. The number of nitrogens with zero attached hydrogens (tertiary/aromatic N) is 2. The first-order valence-corrected chi connectivity index (χ1v) is 9.81. The molecule has 1 unspecified atom stereocenters. The lowest BCUT2D eigenvalue weighted by molar-refractivity contribution is -0.0498. The van der Waals surface area contributed by atoms with Crippen LogP contribution in [-0.2, 0) is 16.0 Å². The van der Waals surface area contributed by atoms with Crippen molar-refractivity contribution in [3.8, 4) is 5.75 Å². The summed E-state index contributed by atoms with van der Waals surface area (Å²) < 4.78 is 40.0. The minimum absolute atomic E-state index is 0. The largest absolute Gasteiger partial charge is 0.435 e. The molecule has 9 heteroatoms. The molecule has 1 aromatic carbocycles. The van der Waals surface area contributed by atoms with Gasteiger partial charge in [0.15, 0.2) is 5.96 Å². The summed E-state index contributed by atoms with van der Waals surface area (Å²) in [5.41, 5.74) is 0.981. The molecule has 1 aliphatic rings. The van der Waals surface area contributed by atoms with E-state index in [0.29, 0.717) is 26.3 Å². The van der Waals surface area contributed by atoms with Gasteiger partial charge in [0.05, 0.1) is 12.7 Å². The molecule has 0 aromatic heterocycles. The number of guanidine groups is 1. The Balaban J connectivity index is 0.00000420. The van der Waals surface area contributed by atoms with Crippen LogP contribution in [0.5, 0.6) is 5.75 Å². The van der Waals surface area contributed by atoms with E-state index in [9.17, 15) is 8.78 Å². The number of aliphatic imine (C=N–C) groups is 1. The van der Waals surface area contributed by atoms with Crippen molar-refractivity contribution in [2.45, 2.75) is 45.4 Å². The van der Waals surface area contributed by atoms with E-state index in [1.165, 1.54) is 0 Å². The normalized spacial score (nSPS) is 16.6. The number of benzene rings is 1. The zero-order valence-electron chi connectivity index (χ0n) is 17.1. The topological polar surface area (TPSA) is 55.3 Å². The smallest absolute Gasteiger partial charge is 0.387 e. The molecule has 1 atom stereocenters. The van der Waals surface area contributed by atoms with Crippen molar-refractivity contribution < 1.29 is 23.0 Å². The van der Waals surface area contributed by atoms with E-state index in [1.807, 2.05) is 18.9 Å². The van der Waals surface area contributed by atoms with Gasteiger partial charge >= 0.3 is 6.61 Å². The lowest BCUT2D eigenvalue weighted by atomic mass is 10.2. The van der Waals surface area contributed by atoms with Gasteiger partial charge in [-0.25, -0.2) is 0 Å². The summed E-state index contributed by atoms with van der Waals surface area (Å²) in [6.07, 6.45) is 3.31. The fraction of sp³-hybridized carbons (Fsp3) is 0.650. The first kappa shape index (κ1) is 25.8. The number of hydrogen-bond acceptors (Lipinski definition) is 4. The van der Waals surface area contributed by atoms with Gasteiger partial charge in [0.25, 0.3) is 0 Å². The molecule has 1 N–H and O–H groups in total. The van der Waals surface area contributed by atoms with Crippen LogP contribution in [-0.4, -0.2) is 63.5 Å². The second-order valence-electron chi connectivity index (χ2n) is 6.68. The minimum Gasteiger partial charge on any atom is -0.435 e. The van der Waals surface area contributed by atoms with Gasteiger partial charge in [-0.1, -0.05) is 12.1 Å². The van der Waals surface area contributed by atoms with E-state index in [0.717, 1.165) is 43.9 Å². The molecule has 1 aliphatic heterocycles. The third-order valence-electron chi connectivity index (χ3n) is 4.30. The SMILES string of the molecule is CCNC(=NCCCOCC1CCCO1)N(C)Cc1ccc(OC(F)F)cc1.I. The third kappa shape index (κ3) is 10.4. The highest BCUT2D eigenvalue weighted by Crippen LogP contribution is 2.16. The molecule has 29 heavy (non-hydrogen) atoms. The summed E-state index contributed by atoms with van der Waals surface area (Å²) in [6, 6.07) is 6.64.